The predicted octanol–water partition coefficient (Wildman–Crippen LogP) is 8.40. The summed E-state index contributed by atoms with van der Waals surface area (Å²) in [4.78, 5) is 0. The molecule has 0 N–H and O–H groups in total. The molecule has 0 fully saturated rings. The quantitative estimate of drug-likeness (QED) is 0.207. The molecule has 0 aromatic carbocycles. The molecular formula is C27H39N. The Morgan fingerprint density at radius 2 is 1.79 bits per heavy atom. The monoisotopic (exact) mass is 377 g/mol. The summed E-state index contributed by atoms with van der Waals surface area (Å²) in [5, 5.41) is 9.33. The lowest BCUT2D eigenvalue weighted by Gasteiger charge is -2.12. The smallest absolute Gasteiger partial charge is 0.0659 e. The fourth-order valence-electron chi connectivity index (χ4n) is 3.47. The first kappa shape index (κ1) is 24.0. The molecule has 0 amide bonds. The van der Waals surface area contributed by atoms with Crippen LogP contribution in [-0.4, -0.2) is 0 Å². The van der Waals surface area contributed by atoms with Crippen molar-refractivity contribution in [2.45, 2.75) is 77.6 Å². The molecule has 1 aliphatic carbocycles. The summed E-state index contributed by atoms with van der Waals surface area (Å²) >= 11 is 0. The van der Waals surface area contributed by atoms with Crippen molar-refractivity contribution in [1.29, 1.82) is 5.26 Å². The summed E-state index contributed by atoms with van der Waals surface area (Å²) in [5.74, 6) is 0.564. The maximum Gasteiger partial charge on any atom is 0.0659 e. The van der Waals surface area contributed by atoms with Crippen molar-refractivity contribution < 1.29 is 0 Å². The van der Waals surface area contributed by atoms with Gasteiger partial charge in [-0.05, 0) is 62.0 Å². The standard InChI is InChI=1S/C27H39N/c1-4-7-9-11-15-24(6-3)21-22-27-19-13-12-18-26(27)20-14-17-25(23-28)16-10-8-5-2/h5-6,14,18-22,24-25H,2-4,7-13,15-17H2,1H3/b20-14+,22-21+. The van der Waals surface area contributed by atoms with Crippen LogP contribution in [0.4, 0.5) is 0 Å². The Labute approximate surface area is 173 Å². The summed E-state index contributed by atoms with van der Waals surface area (Å²) in [5.41, 5.74) is 2.60. The summed E-state index contributed by atoms with van der Waals surface area (Å²) in [6, 6.07) is 2.44. The molecule has 1 aliphatic rings. The van der Waals surface area contributed by atoms with Crippen LogP contribution < -0.4 is 0 Å². The first-order valence-electron chi connectivity index (χ1n) is 11.1. The number of nitriles is 1. The van der Waals surface area contributed by atoms with Gasteiger partial charge in [0.25, 0.3) is 0 Å². The molecule has 0 saturated carbocycles. The molecule has 0 radical (unpaired) electrons. The number of hydrogen-bond donors (Lipinski definition) is 0. The molecule has 152 valence electrons. The maximum absolute atomic E-state index is 9.33. The van der Waals surface area contributed by atoms with Crippen LogP contribution in [0.15, 0.2) is 72.9 Å². The largest absolute Gasteiger partial charge is 0.198 e. The molecule has 1 heteroatoms. The number of allylic oxidation sites excluding steroid dienone is 10. The lowest BCUT2D eigenvalue weighted by Crippen LogP contribution is -1.96. The fourth-order valence-corrected chi connectivity index (χ4v) is 3.47. The zero-order valence-corrected chi connectivity index (χ0v) is 17.9. The zero-order valence-electron chi connectivity index (χ0n) is 17.9. The summed E-state index contributed by atoms with van der Waals surface area (Å²) in [6.45, 7) is 10.0. The number of nitrogens with zero attached hydrogens (tertiary/aromatic N) is 1. The van der Waals surface area contributed by atoms with Gasteiger partial charge in [-0.15, -0.1) is 13.2 Å². The summed E-state index contributed by atoms with van der Waals surface area (Å²) < 4.78 is 0. The minimum absolute atomic E-state index is 0.108. The van der Waals surface area contributed by atoms with Gasteiger partial charge in [-0.2, -0.15) is 5.26 Å². The van der Waals surface area contributed by atoms with Gasteiger partial charge >= 0.3 is 0 Å². The molecule has 0 spiro atoms. The van der Waals surface area contributed by atoms with E-state index in [0.29, 0.717) is 5.92 Å². The van der Waals surface area contributed by atoms with Crippen LogP contribution in [-0.2, 0) is 0 Å². The van der Waals surface area contributed by atoms with Crippen LogP contribution in [0.3, 0.4) is 0 Å². The topological polar surface area (TPSA) is 23.8 Å². The molecule has 1 nitrogen and oxygen atoms in total. The van der Waals surface area contributed by atoms with E-state index in [-0.39, 0.29) is 5.92 Å². The van der Waals surface area contributed by atoms with Gasteiger partial charge in [-0.3, -0.25) is 0 Å². The van der Waals surface area contributed by atoms with E-state index in [4.69, 9.17) is 0 Å². The molecule has 0 heterocycles. The van der Waals surface area contributed by atoms with Gasteiger partial charge in [0.15, 0.2) is 0 Å². The highest BCUT2D eigenvalue weighted by Gasteiger charge is 2.07. The van der Waals surface area contributed by atoms with Gasteiger partial charge in [-0.1, -0.05) is 81.2 Å². The molecule has 0 aliphatic heterocycles. The molecule has 28 heavy (non-hydrogen) atoms. The highest BCUT2D eigenvalue weighted by Crippen LogP contribution is 2.24. The first-order chi connectivity index (χ1) is 13.7. The van der Waals surface area contributed by atoms with Crippen LogP contribution in [0.5, 0.6) is 0 Å². The van der Waals surface area contributed by atoms with Crippen molar-refractivity contribution in [3.8, 4) is 6.07 Å². The summed E-state index contributed by atoms with van der Waals surface area (Å²) in [6.07, 6.45) is 30.0. The Balaban J connectivity index is 2.58. The van der Waals surface area contributed by atoms with Crippen molar-refractivity contribution >= 4 is 0 Å². The number of hydrogen-bond acceptors (Lipinski definition) is 1. The SMILES string of the molecule is C=CCCCC(C#N)C/C=C/C1=CCCC=C1/C=C/C(C=C)CCCCCC. The Morgan fingerprint density at radius 3 is 2.43 bits per heavy atom. The van der Waals surface area contributed by atoms with Crippen LogP contribution in [0.25, 0.3) is 0 Å². The van der Waals surface area contributed by atoms with Gasteiger partial charge in [-0.25, -0.2) is 0 Å². The lowest BCUT2D eigenvalue weighted by molar-refractivity contribution is 0.582. The van der Waals surface area contributed by atoms with Crippen molar-refractivity contribution in [2.24, 2.45) is 11.8 Å². The molecule has 1 rings (SSSR count). The van der Waals surface area contributed by atoms with Crippen molar-refractivity contribution in [3.05, 3.63) is 72.9 Å². The van der Waals surface area contributed by atoms with Crippen molar-refractivity contribution in [3.63, 3.8) is 0 Å². The number of rotatable bonds is 15. The second kappa shape index (κ2) is 15.9. The van der Waals surface area contributed by atoms with Crippen LogP contribution in [0, 0.1) is 23.2 Å². The Hall–Kier alpha value is -2.07. The van der Waals surface area contributed by atoms with Gasteiger partial charge < -0.3 is 0 Å². The molecule has 2 unspecified atom stereocenters. The third-order valence-corrected chi connectivity index (χ3v) is 5.31. The van der Waals surface area contributed by atoms with E-state index in [1.807, 2.05) is 6.08 Å². The van der Waals surface area contributed by atoms with E-state index in [1.54, 1.807) is 0 Å². The normalized spacial score (nSPS) is 16.4. The average Bonchev–Trinajstić information content (AvgIpc) is 2.73. The highest BCUT2D eigenvalue weighted by atomic mass is 14.3. The molecule has 0 aromatic rings. The van der Waals surface area contributed by atoms with Crippen molar-refractivity contribution in [2.75, 3.05) is 0 Å². The minimum atomic E-state index is 0.108. The van der Waals surface area contributed by atoms with E-state index >= 15 is 0 Å². The second-order valence-corrected chi connectivity index (χ2v) is 7.69. The van der Waals surface area contributed by atoms with Gasteiger partial charge in [0, 0.05) is 5.92 Å². The maximum atomic E-state index is 9.33. The molecule has 2 atom stereocenters. The van der Waals surface area contributed by atoms with Gasteiger partial charge in [0.1, 0.15) is 0 Å². The Morgan fingerprint density at radius 1 is 1.04 bits per heavy atom. The molecule has 0 aromatic heterocycles. The van der Waals surface area contributed by atoms with E-state index in [9.17, 15) is 5.26 Å². The molecule has 0 bridgehead atoms. The van der Waals surface area contributed by atoms with E-state index < -0.39 is 0 Å². The van der Waals surface area contributed by atoms with Crippen LogP contribution >= 0.6 is 0 Å². The van der Waals surface area contributed by atoms with Crippen LogP contribution in [0.2, 0.25) is 0 Å². The third kappa shape index (κ3) is 10.3. The van der Waals surface area contributed by atoms with Gasteiger partial charge in [0.05, 0.1) is 6.07 Å². The lowest BCUT2D eigenvalue weighted by atomic mass is 9.93. The molecule has 0 saturated heterocycles. The van der Waals surface area contributed by atoms with E-state index in [0.717, 1.165) is 38.5 Å². The van der Waals surface area contributed by atoms with Crippen molar-refractivity contribution in [1.82, 2.24) is 0 Å². The van der Waals surface area contributed by atoms with E-state index in [2.05, 4.69) is 68.7 Å². The fraction of sp³-hybridized carbons (Fsp3) is 0.519. The minimum Gasteiger partial charge on any atom is -0.198 e. The second-order valence-electron chi connectivity index (χ2n) is 7.69. The Kier molecular flexibility index (Phi) is 13.6. The first-order valence-corrected chi connectivity index (χ1v) is 11.1. The predicted molar refractivity (Wildman–Crippen MR) is 124 cm³/mol. The summed E-state index contributed by atoms with van der Waals surface area (Å²) in [7, 11) is 0. The van der Waals surface area contributed by atoms with E-state index in [1.165, 1.54) is 43.3 Å². The number of unbranched alkanes of at least 4 members (excludes halogenated alkanes) is 4. The molecular weight excluding hydrogens is 338 g/mol. The highest BCUT2D eigenvalue weighted by molar-refractivity contribution is 5.48. The van der Waals surface area contributed by atoms with Gasteiger partial charge in [0.2, 0.25) is 0 Å². The zero-order chi connectivity index (χ0) is 20.5. The average molecular weight is 378 g/mol. The Bertz CT molecular complexity index is 609. The third-order valence-electron chi connectivity index (χ3n) is 5.31. The van der Waals surface area contributed by atoms with Crippen LogP contribution in [0.1, 0.15) is 77.6 Å².